The quantitative estimate of drug-likeness (QED) is 0.116. The Morgan fingerprint density at radius 2 is 1.22 bits per heavy atom. The number of rotatable bonds is 10. The third-order valence-electron chi connectivity index (χ3n) is 7.11. The Bertz CT molecular complexity index is 2270. The van der Waals surface area contributed by atoms with E-state index in [9.17, 15) is 21.6 Å². The van der Waals surface area contributed by atoms with Gasteiger partial charge in [-0.05, 0) is 60.1 Å². The second kappa shape index (κ2) is 17.4. The third kappa shape index (κ3) is 8.44. The van der Waals surface area contributed by atoms with Gasteiger partial charge in [-0.2, -0.15) is 0 Å². The first-order chi connectivity index (χ1) is 23.1. The average Bonchev–Trinajstić information content (AvgIpc) is 3.76. The molecule has 0 fully saturated rings. The van der Waals surface area contributed by atoms with Crippen LogP contribution in [0.2, 0.25) is 5.15 Å². The minimum atomic E-state index is -3.97. The van der Waals surface area contributed by atoms with E-state index in [1.54, 1.807) is 55.8 Å². The van der Waals surface area contributed by atoms with Crippen molar-refractivity contribution < 1.29 is 21.6 Å². The molecule has 0 aliphatic heterocycles. The number of anilines is 1. The summed E-state index contributed by atoms with van der Waals surface area (Å²) in [6, 6.07) is 27.8. The lowest BCUT2D eigenvalue weighted by atomic mass is 10.1. The molecule has 262 valence electrons. The Hall–Kier alpha value is -4.50. The van der Waals surface area contributed by atoms with Crippen molar-refractivity contribution in [1.29, 1.82) is 0 Å². The monoisotopic (exact) mass is 774 g/mol. The van der Waals surface area contributed by atoms with Gasteiger partial charge in [-0.15, -0.1) is 24.8 Å². The second-order valence-electron chi connectivity index (χ2n) is 10.3. The van der Waals surface area contributed by atoms with Crippen LogP contribution in [-0.4, -0.2) is 55.1 Å². The molecule has 50 heavy (non-hydrogen) atoms. The van der Waals surface area contributed by atoms with E-state index in [1.165, 1.54) is 34.6 Å². The summed E-state index contributed by atoms with van der Waals surface area (Å²) >= 11 is 5.92. The fourth-order valence-electron chi connectivity index (χ4n) is 4.92. The molecule has 0 saturated carbocycles. The van der Waals surface area contributed by atoms with Gasteiger partial charge in [0.1, 0.15) is 20.8 Å². The topological polar surface area (TPSA) is 145 Å². The summed E-state index contributed by atoms with van der Waals surface area (Å²) in [5.41, 5.74) is 3.66. The predicted molar refractivity (Wildman–Crippen MR) is 201 cm³/mol. The molecule has 0 spiro atoms. The van der Waals surface area contributed by atoms with Crippen LogP contribution in [0.4, 0.5) is 5.82 Å². The van der Waals surface area contributed by atoms with Crippen molar-refractivity contribution in [3.63, 3.8) is 0 Å². The molecule has 11 nitrogen and oxygen atoms in total. The molecule has 0 amide bonds. The van der Waals surface area contributed by atoms with Gasteiger partial charge in [0, 0.05) is 43.9 Å². The van der Waals surface area contributed by atoms with E-state index in [4.69, 9.17) is 11.6 Å². The van der Waals surface area contributed by atoms with Crippen LogP contribution in [0, 0.1) is 0 Å². The summed E-state index contributed by atoms with van der Waals surface area (Å²) in [5, 5.41) is 5.79. The molecule has 2 aromatic carbocycles. The zero-order valence-electron chi connectivity index (χ0n) is 26.7. The van der Waals surface area contributed by atoms with E-state index >= 15 is 0 Å². The minimum absolute atomic E-state index is 0. The molecule has 4 heterocycles. The molecule has 0 aliphatic carbocycles. The average molecular weight is 776 g/mol. The van der Waals surface area contributed by atoms with E-state index < -0.39 is 20.0 Å². The van der Waals surface area contributed by atoms with Gasteiger partial charge < -0.3 is 10.6 Å². The Kier molecular flexibility index (Phi) is 13.9. The van der Waals surface area contributed by atoms with Crippen LogP contribution in [0.5, 0.6) is 0 Å². The van der Waals surface area contributed by atoms with Crippen molar-refractivity contribution in [3.05, 3.63) is 138 Å². The van der Waals surface area contributed by atoms with Gasteiger partial charge in [0.25, 0.3) is 20.0 Å². The van der Waals surface area contributed by atoms with Crippen LogP contribution in [0.15, 0.2) is 132 Å². The predicted octanol–water partition coefficient (Wildman–Crippen LogP) is 6.64. The third-order valence-corrected chi connectivity index (χ3v) is 10.9. The van der Waals surface area contributed by atoms with E-state index in [0.29, 0.717) is 35.6 Å². The van der Waals surface area contributed by atoms with Gasteiger partial charge in [0.2, 0.25) is 0 Å². The molecule has 0 aliphatic rings. The highest BCUT2D eigenvalue weighted by molar-refractivity contribution is 7.90. The highest BCUT2D eigenvalue weighted by Gasteiger charge is 2.26. The summed E-state index contributed by atoms with van der Waals surface area (Å²) in [5.74, 6) is 0.324. The molecule has 0 radical (unpaired) electrons. The van der Waals surface area contributed by atoms with Gasteiger partial charge in [0.15, 0.2) is 6.29 Å². The lowest BCUT2D eigenvalue weighted by Crippen LogP contribution is -2.15. The van der Waals surface area contributed by atoms with E-state index in [-0.39, 0.29) is 45.3 Å². The maximum atomic E-state index is 13.3. The van der Waals surface area contributed by atoms with Crippen molar-refractivity contribution >= 4 is 68.6 Å². The van der Waals surface area contributed by atoms with Crippen LogP contribution < -0.4 is 10.6 Å². The molecule has 4 aromatic heterocycles. The number of halogens is 3. The summed E-state index contributed by atoms with van der Waals surface area (Å²) in [7, 11) is -4.29. The standard InChI is InChI=1S/C18H20N4O2S.C16H11ClN2O3S.2ClH/c1-19-12-14-11-16(15-7-4-3-5-8-15)22(13-14)25(23,24)17-9-6-10-21-18(17)20-2;17-16-15(7-4-8-18-16)23(21,22)19-10-12(11-20)9-14(19)13-5-2-1-3-6-13;;/h3-11,13,19H,12H2,1-2H3,(H,20,21);1-11H;2*1H. The van der Waals surface area contributed by atoms with Crippen LogP contribution in [0.1, 0.15) is 15.9 Å². The molecule has 6 aromatic rings. The molecule has 0 saturated heterocycles. The largest absolute Gasteiger partial charge is 0.372 e. The van der Waals surface area contributed by atoms with E-state index in [2.05, 4.69) is 20.6 Å². The molecule has 0 atom stereocenters. The molecule has 0 unspecified atom stereocenters. The summed E-state index contributed by atoms with van der Waals surface area (Å²) < 4.78 is 54.8. The molecule has 2 N–H and O–H groups in total. The first-order valence-corrected chi connectivity index (χ1v) is 17.8. The number of nitrogens with one attached hydrogen (secondary N) is 2. The number of nitrogens with zero attached hydrogens (tertiary/aromatic N) is 4. The van der Waals surface area contributed by atoms with Gasteiger partial charge >= 0.3 is 0 Å². The first-order valence-electron chi connectivity index (χ1n) is 14.5. The number of pyridine rings is 2. The number of hydrogen-bond donors (Lipinski definition) is 2. The Labute approximate surface area is 308 Å². The van der Waals surface area contributed by atoms with Gasteiger partial charge in [0.05, 0.1) is 11.4 Å². The number of aldehydes is 1. The Balaban J connectivity index is 0.000000261. The van der Waals surface area contributed by atoms with Crippen molar-refractivity contribution in [2.24, 2.45) is 0 Å². The number of benzene rings is 2. The minimum Gasteiger partial charge on any atom is -0.372 e. The molecular formula is C34H33Cl3N6O5S2. The number of hydrogen-bond acceptors (Lipinski definition) is 9. The lowest BCUT2D eigenvalue weighted by Gasteiger charge is -2.13. The highest BCUT2D eigenvalue weighted by atomic mass is 35.5. The maximum absolute atomic E-state index is 13.3. The smallest absolute Gasteiger partial charge is 0.271 e. The summed E-state index contributed by atoms with van der Waals surface area (Å²) in [4.78, 5) is 19.0. The fourth-order valence-corrected chi connectivity index (χ4v) is 8.29. The maximum Gasteiger partial charge on any atom is 0.271 e. The van der Waals surface area contributed by atoms with Gasteiger partial charge in [-0.1, -0.05) is 72.3 Å². The summed E-state index contributed by atoms with van der Waals surface area (Å²) in [6.07, 6.45) is 6.49. The van der Waals surface area contributed by atoms with Crippen LogP contribution in [0.3, 0.4) is 0 Å². The zero-order valence-corrected chi connectivity index (χ0v) is 30.7. The van der Waals surface area contributed by atoms with Gasteiger partial charge in [-0.25, -0.2) is 34.7 Å². The van der Waals surface area contributed by atoms with E-state index in [1.807, 2.05) is 49.5 Å². The van der Waals surface area contributed by atoms with Crippen molar-refractivity contribution in [2.75, 3.05) is 19.4 Å². The summed E-state index contributed by atoms with van der Waals surface area (Å²) in [6.45, 7) is 0.578. The van der Waals surface area contributed by atoms with Crippen LogP contribution in [-0.2, 0) is 26.6 Å². The molecule has 6 rings (SSSR count). The van der Waals surface area contributed by atoms with Gasteiger partial charge in [-0.3, -0.25) is 4.79 Å². The Morgan fingerprint density at radius 1 is 0.700 bits per heavy atom. The number of carbonyl (C=O) groups is 1. The van der Waals surface area contributed by atoms with E-state index in [0.717, 1.165) is 15.1 Å². The molecule has 16 heteroatoms. The zero-order chi connectivity index (χ0) is 34.3. The second-order valence-corrected chi connectivity index (χ2v) is 14.2. The number of carbonyl (C=O) groups excluding carboxylic acids is 1. The fraction of sp³-hybridized carbons (Fsp3) is 0.0882. The van der Waals surface area contributed by atoms with Crippen LogP contribution >= 0.6 is 36.4 Å². The normalized spacial score (nSPS) is 10.9. The molecular weight excluding hydrogens is 743 g/mol. The van der Waals surface area contributed by atoms with Crippen molar-refractivity contribution in [1.82, 2.24) is 23.2 Å². The van der Waals surface area contributed by atoms with Crippen molar-refractivity contribution in [3.8, 4) is 22.5 Å². The number of aromatic nitrogens is 4. The highest BCUT2D eigenvalue weighted by Crippen LogP contribution is 2.30. The Morgan fingerprint density at radius 3 is 1.76 bits per heavy atom. The van der Waals surface area contributed by atoms with Crippen LogP contribution in [0.25, 0.3) is 22.5 Å². The van der Waals surface area contributed by atoms with Crippen molar-refractivity contribution in [2.45, 2.75) is 16.3 Å². The SMILES string of the molecule is CNCc1cc(-c2ccccc2)n(S(=O)(=O)c2cccnc2NC)c1.Cl.Cl.O=Cc1cc(-c2ccccc2)n(S(=O)(=O)c2cccnc2Cl)c1. The lowest BCUT2D eigenvalue weighted by molar-refractivity contribution is 0.112. The first kappa shape index (κ1) is 39.9. The molecule has 0 bridgehead atoms.